The average molecular weight is 314 g/mol. The zero-order valence-corrected chi connectivity index (χ0v) is 13.2. The van der Waals surface area contributed by atoms with Gasteiger partial charge in [0.1, 0.15) is 5.82 Å². The van der Waals surface area contributed by atoms with Crippen molar-refractivity contribution in [3.05, 3.63) is 29.6 Å². The second-order valence-electron chi connectivity index (χ2n) is 5.59. The third-order valence-electron chi connectivity index (χ3n) is 3.87. The molecule has 0 spiro atoms. The summed E-state index contributed by atoms with van der Waals surface area (Å²) < 4.78 is 41.2. The van der Waals surface area contributed by atoms with E-state index in [0.29, 0.717) is 12.1 Å². The first-order chi connectivity index (χ1) is 10.0. The van der Waals surface area contributed by atoms with E-state index >= 15 is 0 Å². The molecule has 6 heteroatoms. The van der Waals surface area contributed by atoms with Crippen molar-refractivity contribution < 1.29 is 12.8 Å². The van der Waals surface area contributed by atoms with E-state index in [9.17, 15) is 12.8 Å². The zero-order chi connectivity index (χ0) is 15.3. The van der Waals surface area contributed by atoms with E-state index in [0.717, 1.165) is 25.7 Å². The highest BCUT2D eigenvalue weighted by atomic mass is 32.2. The molecule has 0 heterocycles. The van der Waals surface area contributed by atoms with Gasteiger partial charge >= 0.3 is 0 Å². The fraction of sp³-hybridized carbons (Fsp3) is 0.600. The molecule has 0 radical (unpaired) electrons. The predicted octanol–water partition coefficient (Wildman–Crippen LogP) is 2.55. The van der Waals surface area contributed by atoms with Crippen LogP contribution in [-0.2, 0) is 16.6 Å². The molecule has 2 rings (SSSR count). The summed E-state index contributed by atoms with van der Waals surface area (Å²) in [6.07, 6.45) is 6.21. The van der Waals surface area contributed by atoms with Crippen LogP contribution in [0.3, 0.4) is 0 Å². The number of nitrogens with one attached hydrogen (secondary N) is 2. The fourth-order valence-electron chi connectivity index (χ4n) is 2.73. The van der Waals surface area contributed by atoms with Gasteiger partial charge < -0.3 is 5.32 Å². The van der Waals surface area contributed by atoms with Gasteiger partial charge in [-0.05, 0) is 38.1 Å². The van der Waals surface area contributed by atoms with Gasteiger partial charge in [0.2, 0.25) is 10.0 Å². The minimum atomic E-state index is -3.58. The van der Waals surface area contributed by atoms with Crippen molar-refractivity contribution in [2.24, 2.45) is 0 Å². The first-order valence-electron chi connectivity index (χ1n) is 7.48. The maximum Gasteiger partial charge on any atom is 0.240 e. The molecule has 0 aliphatic heterocycles. The molecule has 2 N–H and O–H groups in total. The molecule has 1 aliphatic rings. The van der Waals surface area contributed by atoms with Crippen LogP contribution in [0.1, 0.15) is 44.1 Å². The van der Waals surface area contributed by atoms with Crippen LogP contribution in [0, 0.1) is 5.82 Å². The Hall–Kier alpha value is -0.980. The minimum Gasteiger partial charge on any atom is -0.316 e. The Kier molecular flexibility index (Phi) is 5.72. The van der Waals surface area contributed by atoms with Gasteiger partial charge in [0, 0.05) is 18.2 Å². The van der Waals surface area contributed by atoms with Crippen LogP contribution >= 0.6 is 0 Å². The monoisotopic (exact) mass is 314 g/mol. The first kappa shape index (κ1) is 16.4. The third kappa shape index (κ3) is 4.49. The molecule has 1 aromatic carbocycles. The van der Waals surface area contributed by atoms with Crippen molar-refractivity contribution >= 4 is 10.0 Å². The number of halogens is 1. The van der Waals surface area contributed by atoms with E-state index in [-0.39, 0.29) is 10.9 Å². The van der Waals surface area contributed by atoms with Crippen LogP contribution in [0.2, 0.25) is 0 Å². The van der Waals surface area contributed by atoms with E-state index in [2.05, 4.69) is 10.0 Å². The van der Waals surface area contributed by atoms with Crippen molar-refractivity contribution in [1.29, 1.82) is 0 Å². The molecular formula is C15H23FN2O2S. The standard InChI is InChI=1S/C15H23FN2O2S/c1-17-11-12-10-14(8-9-15(12)16)21(19,20)18-13-6-4-2-3-5-7-13/h8-10,13,17-18H,2-7,11H2,1H3. The lowest BCUT2D eigenvalue weighted by Gasteiger charge is -2.17. The second kappa shape index (κ2) is 7.33. The summed E-state index contributed by atoms with van der Waals surface area (Å²) in [6, 6.07) is 3.95. The Bertz CT molecular complexity index is 567. The molecule has 118 valence electrons. The Balaban J connectivity index is 2.16. The molecule has 0 unspecified atom stereocenters. The highest BCUT2D eigenvalue weighted by molar-refractivity contribution is 7.89. The molecule has 0 bridgehead atoms. The smallest absolute Gasteiger partial charge is 0.240 e. The molecule has 0 amide bonds. The van der Waals surface area contributed by atoms with Crippen LogP contribution in [0.5, 0.6) is 0 Å². The maximum atomic E-state index is 13.6. The largest absolute Gasteiger partial charge is 0.316 e. The van der Waals surface area contributed by atoms with Crippen molar-refractivity contribution in [3.63, 3.8) is 0 Å². The highest BCUT2D eigenvalue weighted by Crippen LogP contribution is 2.20. The van der Waals surface area contributed by atoms with Crippen molar-refractivity contribution in [1.82, 2.24) is 10.0 Å². The summed E-state index contributed by atoms with van der Waals surface area (Å²) in [6.45, 7) is 0.304. The van der Waals surface area contributed by atoms with E-state index in [1.807, 2.05) is 0 Å². The minimum absolute atomic E-state index is 0.00435. The molecule has 1 aliphatic carbocycles. The lowest BCUT2D eigenvalue weighted by molar-refractivity contribution is 0.509. The van der Waals surface area contributed by atoms with Gasteiger partial charge in [0.25, 0.3) is 0 Å². The summed E-state index contributed by atoms with van der Waals surface area (Å²) in [5, 5.41) is 2.84. The van der Waals surface area contributed by atoms with Gasteiger partial charge in [-0.2, -0.15) is 0 Å². The quantitative estimate of drug-likeness (QED) is 0.821. The van der Waals surface area contributed by atoms with Crippen molar-refractivity contribution in [2.75, 3.05) is 7.05 Å². The second-order valence-corrected chi connectivity index (χ2v) is 7.31. The first-order valence-corrected chi connectivity index (χ1v) is 8.96. The fourth-order valence-corrected chi connectivity index (χ4v) is 4.08. The number of rotatable bonds is 5. The third-order valence-corrected chi connectivity index (χ3v) is 5.39. The molecule has 0 atom stereocenters. The summed E-state index contributed by atoms with van der Waals surface area (Å²) in [4.78, 5) is 0.137. The van der Waals surface area contributed by atoms with Crippen LogP contribution in [0.4, 0.5) is 4.39 Å². The van der Waals surface area contributed by atoms with E-state index in [1.165, 1.54) is 31.0 Å². The van der Waals surface area contributed by atoms with Crippen LogP contribution < -0.4 is 10.0 Å². The molecule has 1 saturated carbocycles. The Morgan fingerprint density at radius 2 is 1.86 bits per heavy atom. The van der Waals surface area contributed by atoms with Gasteiger partial charge in [0.15, 0.2) is 0 Å². The Labute approximate surface area is 126 Å². The van der Waals surface area contributed by atoms with Crippen LogP contribution in [0.25, 0.3) is 0 Å². The van der Waals surface area contributed by atoms with Crippen molar-refractivity contribution in [2.45, 2.75) is 56.0 Å². The Morgan fingerprint density at radius 3 is 2.48 bits per heavy atom. The number of hydrogen-bond donors (Lipinski definition) is 2. The van der Waals surface area contributed by atoms with Crippen molar-refractivity contribution in [3.8, 4) is 0 Å². The Morgan fingerprint density at radius 1 is 1.19 bits per heavy atom. The summed E-state index contributed by atoms with van der Waals surface area (Å²) in [7, 11) is -1.88. The number of hydrogen-bond acceptors (Lipinski definition) is 3. The summed E-state index contributed by atoms with van der Waals surface area (Å²) in [5.41, 5.74) is 0.362. The van der Waals surface area contributed by atoms with Gasteiger partial charge in [-0.25, -0.2) is 17.5 Å². The van der Waals surface area contributed by atoms with Gasteiger partial charge in [-0.15, -0.1) is 0 Å². The summed E-state index contributed by atoms with van der Waals surface area (Å²) in [5.74, 6) is -0.391. The van der Waals surface area contributed by atoms with Gasteiger partial charge in [-0.1, -0.05) is 25.7 Å². The normalized spacial score (nSPS) is 17.6. The van der Waals surface area contributed by atoms with Crippen LogP contribution in [0.15, 0.2) is 23.1 Å². The van der Waals surface area contributed by atoms with Gasteiger partial charge in [0.05, 0.1) is 4.90 Å². The molecule has 21 heavy (non-hydrogen) atoms. The molecular weight excluding hydrogens is 291 g/mol. The maximum absolute atomic E-state index is 13.6. The van der Waals surface area contributed by atoms with E-state index in [4.69, 9.17) is 0 Å². The highest BCUT2D eigenvalue weighted by Gasteiger charge is 2.22. The number of sulfonamides is 1. The van der Waals surface area contributed by atoms with E-state index in [1.54, 1.807) is 7.05 Å². The topological polar surface area (TPSA) is 58.2 Å². The molecule has 0 saturated heterocycles. The molecule has 4 nitrogen and oxygen atoms in total. The SMILES string of the molecule is CNCc1cc(S(=O)(=O)NC2CCCCCC2)ccc1F. The van der Waals surface area contributed by atoms with Gasteiger partial charge in [-0.3, -0.25) is 0 Å². The molecule has 0 aromatic heterocycles. The predicted molar refractivity (Wildman–Crippen MR) is 81.0 cm³/mol. The lowest BCUT2D eigenvalue weighted by Crippen LogP contribution is -2.34. The zero-order valence-electron chi connectivity index (χ0n) is 12.4. The van der Waals surface area contributed by atoms with Crippen LogP contribution in [-0.4, -0.2) is 21.5 Å². The molecule has 1 aromatic rings. The average Bonchev–Trinajstić information content (AvgIpc) is 2.69. The van der Waals surface area contributed by atoms with E-state index < -0.39 is 15.8 Å². The lowest BCUT2D eigenvalue weighted by atomic mass is 10.1. The molecule has 1 fully saturated rings. The summed E-state index contributed by atoms with van der Waals surface area (Å²) >= 11 is 0. The number of benzene rings is 1.